The standard InChI is InChI=1S/C11H17N3O2S/c12-13-11(16)10-4-3-9(17-10)7-14(5-6-15)8-1-2-8/h3-4,8,15H,1-2,5-7,12H2,(H,13,16). The first-order chi connectivity index (χ1) is 8.24. The predicted octanol–water partition coefficient (Wildman–Crippen LogP) is 0.308. The second-order valence-corrected chi connectivity index (χ2v) is 5.33. The van der Waals surface area contributed by atoms with Gasteiger partial charge in [-0.3, -0.25) is 15.1 Å². The van der Waals surface area contributed by atoms with Crippen molar-refractivity contribution < 1.29 is 9.90 Å². The summed E-state index contributed by atoms with van der Waals surface area (Å²) in [4.78, 5) is 15.3. The molecule has 0 saturated heterocycles. The zero-order valence-corrected chi connectivity index (χ0v) is 10.4. The van der Waals surface area contributed by atoms with Crippen molar-refractivity contribution in [2.75, 3.05) is 13.2 Å². The van der Waals surface area contributed by atoms with E-state index in [0.717, 1.165) is 11.4 Å². The monoisotopic (exact) mass is 255 g/mol. The number of carbonyl (C=O) groups is 1. The van der Waals surface area contributed by atoms with Gasteiger partial charge in [0, 0.05) is 24.0 Å². The van der Waals surface area contributed by atoms with Gasteiger partial charge in [0.05, 0.1) is 11.5 Å². The Bertz CT molecular complexity index is 390. The van der Waals surface area contributed by atoms with E-state index in [0.29, 0.717) is 17.5 Å². The van der Waals surface area contributed by atoms with E-state index in [4.69, 9.17) is 10.9 Å². The molecule has 5 nitrogen and oxygen atoms in total. The van der Waals surface area contributed by atoms with Crippen LogP contribution in [0.2, 0.25) is 0 Å². The highest BCUT2D eigenvalue weighted by molar-refractivity contribution is 7.14. The molecule has 6 heteroatoms. The van der Waals surface area contributed by atoms with Crippen LogP contribution in [0.15, 0.2) is 12.1 Å². The van der Waals surface area contributed by atoms with Crippen molar-refractivity contribution in [3.05, 3.63) is 21.9 Å². The molecule has 0 atom stereocenters. The van der Waals surface area contributed by atoms with Gasteiger partial charge in [0.25, 0.3) is 5.91 Å². The highest BCUT2D eigenvalue weighted by Crippen LogP contribution is 2.29. The maximum absolute atomic E-state index is 11.3. The third-order valence-corrected chi connectivity index (χ3v) is 3.89. The zero-order valence-electron chi connectivity index (χ0n) is 9.56. The van der Waals surface area contributed by atoms with E-state index in [-0.39, 0.29) is 12.5 Å². The van der Waals surface area contributed by atoms with Gasteiger partial charge < -0.3 is 5.11 Å². The van der Waals surface area contributed by atoms with Gasteiger partial charge in [-0.25, -0.2) is 5.84 Å². The molecule has 0 aromatic carbocycles. The fraction of sp³-hybridized carbons (Fsp3) is 0.545. The van der Waals surface area contributed by atoms with Gasteiger partial charge in [-0.05, 0) is 25.0 Å². The number of hydrogen-bond donors (Lipinski definition) is 3. The lowest BCUT2D eigenvalue weighted by Gasteiger charge is -2.19. The number of aliphatic hydroxyl groups excluding tert-OH is 1. The first-order valence-electron chi connectivity index (χ1n) is 5.69. The van der Waals surface area contributed by atoms with Crippen molar-refractivity contribution in [2.24, 2.45) is 5.84 Å². The molecule has 0 aliphatic heterocycles. The van der Waals surface area contributed by atoms with E-state index in [1.54, 1.807) is 6.07 Å². The quantitative estimate of drug-likeness (QED) is 0.388. The summed E-state index contributed by atoms with van der Waals surface area (Å²) in [5, 5.41) is 9.00. The van der Waals surface area contributed by atoms with Crippen LogP contribution in [0, 0.1) is 0 Å². The van der Waals surface area contributed by atoms with Gasteiger partial charge in [0.1, 0.15) is 0 Å². The number of nitrogens with one attached hydrogen (secondary N) is 1. The molecule has 2 rings (SSSR count). The molecule has 1 amide bonds. The maximum atomic E-state index is 11.3. The Morgan fingerprint density at radius 3 is 2.94 bits per heavy atom. The normalized spacial score (nSPS) is 15.2. The van der Waals surface area contributed by atoms with E-state index in [1.165, 1.54) is 24.2 Å². The van der Waals surface area contributed by atoms with E-state index in [2.05, 4.69) is 10.3 Å². The summed E-state index contributed by atoms with van der Waals surface area (Å²) in [7, 11) is 0. The minimum atomic E-state index is -0.249. The Hall–Kier alpha value is -0.950. The number of thiophene rings is 1. The summed E-state index contributed by atoms with van der Waals surface area (Å²) in [5.74, 6) is 4.84. The third kappa shape index (κ3) is 3.26. The van der Waals surface area contributed by atoms with Crippen LogP contribution in [-0.2, 0) is 6.54 Å². The number of carbonyl (C=O) groups excluding carboxylic acids is 1. The molecule has 94 valence electrons. The lowest BCUT2D eigenvalue weighted by molar-refractivity contribution is 0.0957. The Morgan fingerprint density at radius 2 is 2.35 bits per heavy atom. The smallest absolute Gasteiger partial charge is 0.275 e. The highest BCUT2D eigenvalue weighted by Gasteiger charge is 2.28. The molecule has 1 heterocycles. The van der Waals surface area contributed by atoms with Crippen LogP contribution in [-0.4, -0.2) is 35.1 Å². The van der Waals surface area contributed by atoms with Crippen LogP contribution < -0.4 is 11.3 Å². The summed E-state index contributed by atoms with van der Waals surface area (Å²) >= 11 is 1.45. The van der Waals surface area contributed by atoms with Gasteiger partial charge >= 0.3 is 0 Å². The summed E-state index contributed by atoms with van der Waals surface area (Å²) in [6.07, 6.45) is 2.42. The summed E-state index contributed by atoms with van der Waals surface area (Å²) in [5.41, 5.74) is 2.13. The molecule has 1 aromatic heterocycles. The first-order valence-corrected chi connectivity index (χ1v) is 6.51. The van der Waals surface area contributed by atoms with Crippen molar-refractivity contribution in [1.29, 1.82) is 0 Å². The summed E-state index contributed by atoms with van der Waals surface area (Å²) < 4.78 is 0. The third-order valence-electron chi connectivity index (χ3n) is 2.83. The molecule has 0 bridgehead atoms. The van der Waals surface area contributed by atoms with Crippen LogP contribution in [0.25, 0.3) is 0 Å². The Balaban J connectivity index is 1.97. The number of aliphatic hydroxyl groups is 1. The van der Waals surface area contributed by atoms with E-state index in [1.807, 2.05) is 6.07 Å². The molecule has 1 saturated carbocycles. The van der Waals surface area contributed by atoms with Gasteiger partial charge in [-0.1, -0.05) is 0 Å². The van der Waals surface area contributed by atoms with Gasteiger partial charge in [-0.2, -0.15) is 0 Å². The van der Waals surface area contributed by atoms with Crippen LogP contribution in [0.1, 0.15) is 27.4 Å². The predicted molar refractivity (Wildman–Crippen MR) is 66.5 cm³/mol. The number of nitrogen functional groups attached to an aromatic ring is 1. The fourth-order valence-electron chi connectivity index (χ4n) is 1.82. The minimum Gasteiger partial charge on any atom is -0.395 e. The number of hydrogen-bond acceptors (Lipinski definition) is 5. The SMILES string of the molecule is NNC(=O)c1ccc(CN(CCO)C2CC2)s1. The van der Waals surface area contributed by atoms with Gasteiger partial charge in [0.15, 0.2) is 0 Å². The Kier molecular flexibility index (Phi) is 4.11. The highest BCUT2D eigenvalue weighted by atomic mass is 32.1. The van der Waals surface area contributed by atoms with Gasteiger partial charge in [0.2, 0.25) is 0 Å². The Morgan fingerprint density at radius 1 is 1.59 bits per heavy atom. The maximum Gasteiger partial charge on any atom is 0.275 e. The first kappa shape index (κ1) is 12.5. The molecule has 1 aliphatic carbocycles. The summed E-state index contributed by atoms with van der Waals surface area (Å²) in [6.45, 7) is 1.67. The lowest BCUT2D eigenvalue weighted by Crippen LogP contribution is -2.29. The van der Waals surface area contributed by atoms with Crippen molar-refractivity contribution in [1.82, 2.24) is 10.3 Å². The lowest BCUT2D eigenvalue weighted by atomic mass is 10.3. The largest absolute Gasteiger partial charge is 0.395 e. The van der Waals surface area contributed by atoms with Crippen molar-refractivity contribution in [3.8, 4) is 0 Å². The topological polar surface area (TPSA) is 78.6 Å². The molecule has 1 aliphatic rings. The van der Waals surface area contributed by atoms with Crippen molar-refractivity contribution in [3.63, 3.8) is 0 Å². The minimum absolute atomic E-state index is 0.179. The van der Waals surface area contributed by atoms with Crippen LogP contribution >= 0.6 is 11.3 Å². The molecule has 1 fully saturated rings. The molecule has 1 aromatic rings. The average Bonchev–Trinajstić information content (AvgIpc) is 3.08. The molecular weight excluding hydrogens is 238 g/mol. The van der Waals surface area contributed by atoms with Crippen LogP contribution in [0.3, 0.4) is 0 Å². The summed E-state index contributed by atoms with van der Waals surface area (Å²) in [6, 6.07) is 4.34. The van der Waals surface area contributed by atoms with Crippen molar-refractivity contribution >= 4 is 17.2 Å². The molecular formula is C11H17N3O2S. The number of nitrogens with zero attached hydrogens (tertiary/aromatic N) is 1. The van der Waals surface area contributed by atoms with E-state index in [9.17, 15) is 4.79 Å². The molecule has 0 unspecified atom stereocenters. The number of nitrogens with two attached hydrogens (primary N) is 1. The second-order valence-electron chi connectivity index (χ2n) is 4.16. The number of rotatable bonds is 6. The molecule has 4 N–H and O–H groups in total. The molecule has 0 spiro atoms. The van der Waals surface area contributed by atoms with Gasteiger partial charge in [-0.15, -0.1) is 11.3 Å². The molecule has 0 radical (unpaired) electrons. The number of hydrazine groups is 1. The van der Waals surface area contributed by atoms with Crippen LogP contribution in [0.4, 0.5) is 0 Å². The second kappa shape index (κ2) is 5.59. The Labute approximate surface area is 104 Å². The molecule has 17 heavy (non-hydrogen) atoms. The van der Waals surface area contributed by atoms with Crippen molar-refractivity contribution in [2.45, 2.75) is 25.4 Å². The fourth-order valence-corrected chi connectivity index (χ4v) is 2.75. The van der Waals surface area contributed by atoms with E-state index >= 15 is 0 Å². The zero-order chi connectivity index (χ0) is 12.3. The van der Waals surface area contributed by atoms with Crippen LogP contribution in [0.5, 0.6) is 0 Å². The average molecular weight is 255 g/mol. The number of amides is 1. The van der Waals surface area contributed by atoms with E-state index < -0.39 is 0 Å².